The molecule has 0 bridgehead atoms. The molecule has 1 fully saturated rings. The Balaban J connectivity index is 1.43. The molecule has 0 spiro atoms. The molecule has 4 rings (SSSR count). The van der Waals surface area contributed by atoms with Crippen LogP contribution < -0.4 is 5.32 Å². The number of likely N-dealkylation sites (N-methyl/N-ethyl adjacent to an activating group) is 1. The number of halogens is 3. The molecule has 1 aromatic heterocycles. The molecule has 10 heteroatoms. The fourth-order valence-corrected chi connectivity index (χ4v) is 3.78. The zero-order valence-electron chi connectivity index (χ0n) is 18.3. The Morgan fingerprint density at radius 3 is 2.47 bits per heavy atom. The zero-order chi connectivity index (χ0) is 24.6. The van der Waals surface area contributed by atoms with Gasteiger partial charge >= 0.3 is 6.03 Å². The molecule has 2 heterocycles. The maximum absolute atomic E-state index is 13.7. The van der Waals surface area contributed by atoms with Crippen LogP contribution in [0.2, 0.25) is 5.02 Å². The first kappa shape index (κ1) is 23.4. The number of benzene rings is 2. The van der Waals surface area contributed by atoms with Gasteiger partial charge in [0.25, 0.3) is 5.91 Å². The van der Waals surface area contributed by atoms with Crippen LogP contribution in [0, 0.1) is 11.6 Å². The van der Waals surface area contributed by atoms with E-state index in [-0.39, 0.29) is 12.1 Å². The first-order valence-electron chi connectivity index (χ1n) is 10.3. The van der Waals surface area contributed by atoms with Crippen molar-refractivity contribution >= 4 is 29.4 Å². The molecule has 1 atom stereocenters. The van der Waals surface area contributed by atoms with E-state index in [1.54, 1.807) is 36.4 Å². The van der Waals surface area contributed by atoms with E-state index in [9.17, 15) is 23.2 Å². The Bertz CT molecular complexity index is 1280. The van der Waals surface area contributed by atoms with E-state index >= 15 is 0 Å². The molecule has 176 valence electrons. The monoisotopic (exact) mass is 487 g/mol. The predicted octanol–water partition coefficient (Wildman–Crippen LogP) is 4.30. The van der Waals surface area contributed by atoms with Crippen LogP contribution in [0.1, 0.15) is 18.2 Å². The summed E-state index contributed by atoms with van der Waals surface area (Å²) in [6, 6.07) is 12.7. The van der Waals surface area contributed by atoms with Crippen molar-refractivity contribution in [3.8, 4) is 11.3 Å². The smallest absolute Gasteiger partial charge is 0.325 e. The number of furan rings is 1. The number of nitrogens with one attached hydrogen (secondary N) is 1. The highest BCUT2D eigenvalue weighted by atomic mass is 35.5. The molecule has 4 amide bonds. The highest BCUT2D eigenvalue weighted by Gasteiger charge is 2.49. The molecule has 1 aliphatic rings. The van der Waals surface area contributed by atoms with Gasteiger partial charge in [-0.05, 0) is 61.0 Å². The van der Waals surface area contributed by atoms with Crippen LogP contribution in [0.25, 0.3) is 11.3 Å². The maximum atomic E-state index is 13.7. The van der Waals surface area contributed by atoms with Crippen molar-refractivity contribution in [3.63, 3.8) is 0 Å². The summed E-state index contributed by atoms with van der Waals surface area (Å²) in [7, 11) is 1.51. The molecule has 7 nitrogen and oxygen atoms in total. The molecule has 34 heavy (non-hydrogen) atoms. The van der Waals surface area contributed by atoms with Crippen LogP contribution in [0.5, 0.6) is 0 Å². The molecular weight excluding hydrogens is 468 g/mol. The van der Waals surface area contributed by atoms with Crippen LogP contribution >= 0.6 is 11.6 Å². The Labute approximate surface area is 198 Å². The van der Waals surface area contributed by atoms with Crippen molar-refractivity contribution in [1.29, 1.82) is 0 Å². The summed E-state index contributed by atoms with van der Waals surface area (Å²) in [6.07, 6.45) is 0. The van der Waals surface area contributed by atoms with E-state index in [4.69, 9.17) is 16.0 Å². The summed E-state index contributed by atoms with van der Waals surface area (Å²) in [5.41, 5.74) is -0.738. The lowest BCUT2D eigenvalue weighted by Gasteiger charge is -2.23. The molecule has 1 unspecified atom stereocenters. The Morgan fingerprint density at radius 1 is 1.09 bits per heavy atom. The van der Waals surface area contributed by atoms with E-state index in [1.165, 1.54) is 24.9 Å². The van der Waals surface area contributed by atoms with Crippen LogP contribution in [0.15, 0.2) is 59.0 Å². The van der Waals surface area contributed by atoms with Gasteiger partial charge in [0.15, 0.2) is 11.6 Å². The minimum atomic E-state index is -1.63. The highest BCUT2D eigenvalue weighted by molar-refractivity contribution is 6.30. The van der Waals surface area contributed by atoms with E-state index in [1.807, 2.05) is 0 Å². The lowest BCUT2D eigenvalue weighted by atomic mass is 9.92. The van der Waals surface area contributed by atoms with Crippen molar-refractivity contribution in [2.75, 3.05) is 13.6 Å². The lowest BCUT2D eigenvalue weighted by Crippen LogP contribution is -2.43. The Hall–Kier alpha value is -3.72. The normalized spacial score (nSPS) is 17.7. The summed E-state index contributed by atoms with van der Waals surface area (Å²) < 4.78 is 32.8. The number of carbonyl (C=O) groups is 3. The molecule has 0 aliphatic carbocycles. The molecule has 1 aliphatic heterocycles. The number of hydrogen-bond acceptors (Lipinski definition) is 4. The number of imide groups is 1. The SMILES string of the molecule is CN(Cc1ccc(-c2ccc(Cl)cc2)o1)C(=O)CN1C(=O)NC(C)(c2ccc(F)c(F)c2)C1=O. The number of hydrogen-bond donors (Lipinski definition) is 1. The second-order valence-corrected chi connectivity index (χ2v) is 8.53. The van der Waals surface area contributed by atoms with Crippen molar-refractivity contribution in [2.45, 2.75) is 19.0 Å². The van der Waals surface area contributed by atoms with E-state index in [0.29, 0.717) is 16.5 Å². The van der Waals surface area contributed by atoms with Crippen LogP contribution in [-0.4, -0.2) is 41.2 Å². The third-order valence-corrected chi connectivity index (χ3v) is 5.93. The van der Waals surface area contributed by atoms with Crippen molar-refractivity contribution in [2.24, 2.45) is 0 Å². The second kappa shape index (κ2) is 8.90. The third kappa shape index (κ3) is 4.38. The maximum Gasteiger partial charge on any atom is 0.325 e. The van der Waals surface area contributed by atoms with Crippen molar-refractivity contribution in [3.05, 3.63) is 82.6 Å². The quantitative estimate of drug-likeness (QED) is 0.525. The summed E-state index contributed by atoms with van der Waals surface area (Å²) in [5, 5.41) is 3.06. The van der Waals surface area contributed by atoms with Gasteiger partial charge < -0.3 is 14.6 Å². The van der Waals surface area contributed by atoms with Gasteiger partial charge in [0.1, 0.15) is 23.6 Å². The van der Waals surface area contributed by atoms with Gasteiger partial charge in [-0.1, -0.05) is 17.7 Å². The van der Waals surface area contributed by atoms with Gasteiger partial charge in [0.2, 0.25) is 5.91 Å². The third-order valence-electron chi connectivity index (χ3n) is 5.67. The Morgan fingerprint density at radius 2 is 1.79 bits per heavy atom. The van der Waals surface area contributed by atoms with Crippen LogP contribution in [0.3, 0.4) is 0 Å². The number of amides is 4. The predicted molar refractivity (Wildman–Crippen MR) is 120 cm³/mol. The molecule has 0 radical (unpaired) electrons. The first-order chi connectivity index (χ1) is 16.1. The average Bonchev–Trinajstić information content (AvgIpc) is 3.34. The minimum Gasteiger partial charge on any atom is -0.459 e. The number of carbonyl (C=O) groups excluding carboxylic acids is 3. The topological polar surface area (TPSA) is 82.9 Å². The van der Waals surface area contributed by atoms with Gasteiger partial charge in [-0.25, -0.2) is 13.6 Å². The molecule has 1 N–H and O–H groups in total. The fraction of sp³-hybridized carbons (Fsp3) is 0.208. The number of urea groups is 1. The van der Waals surface area contributed by atoms with Gasteiger partial charge in [0, 0.05) is 17.6 Å². The largest absolute Gasteiger partial charge is 0.459 e. The standard InChI is InChI=1S/C24H20ClF2N3O4/c1-24(15-5-9-18(26)19(27)11-15)22(32)30(23(33)28-24)13-21(31)29(2)12-17-8-10-20(34-17)14-3-6-16(25)7-4-14/h3-11H,12-13H2,1-2H3,(H,28,33). The fourth-order valence-electron chi connectivity index (χ4n) is 3.65. The summed E-state index contributed by atoms with van der Waals surface area (Å²) in [4.78, 5) is 40.2. The first-order valence-corrected chi connectivity index (χ1v) is 10.6. The van der Waals surface area contributed by atoms with Crippen LogP contribution in [-0.2, 0) is 21.7 Å². The molecule has 0 saturated carbocycles. The zero-order valence-corrected chi connectivity index (χ0v) is 19.0. The molecular formula is C24H20ClF2N3O4. The summed E-state index contributed by atoms with van der Waals surface area (Å²) >= 11 is 5.90. The lowest BCUT2D eigenvalue weighted by molar-refractivity contribution is -0.138. The summed E-state index contributed by atoms with van der Waals surface area (Å²) in [5.74, 6) is -2.37. The van der Waals surface area contributed by atoms with Gasteiger partial charge in [-0.15, -0.1) is 0 Å². The Kier molecular flexibility index (Phi) is 6.14. The van der Waals surface area contributed by atoms with Gasteiger partial charge in [-0.3, -0.25) is 14.5 Å². The van der Waals surface area contributed by atoms with Crippen molar-refractivity contribution in [1.82, 2.24) is 15.1 Å². The van der Waals surface area contributed by atoms with E-state index in [0.717, 1.165) is 22.6 Å². The minimum absolute atomic E-state index is 0.0679. The van der Waals surface area contributed by atoms with E-state index in [2.05, 4.69) is 5.32 Å². The van der Waals surface area contributed by atoms with Crippen molar-refractivity contribution < 1.29 is 27.6 Å². The highest BCUT2D eigenvalue weighted by Crippen LogP contribution is 2.30. The number of nitrogens with zero attached hydrogens (tertiary/aromatic N) is 2. The van der Waals surface area contributed by atoms with Gasteiger partial charge in [0.05, 0.1) is 6.54 Å². The van der Waals surface area contributed by atoms with Gasteiger partial charge in [-0.2, -0.15) is 0 Å². The molecule has 3 aromatic rings. The second-order valence-electron chi connectivity index (χ2n) is 8.10. The van der Waals surface area contributed by atoms with E-state index < -0.39 is 41.6 Å². The van der Waals surface area contributed by atoms with Crippen LogP contribution in [0.4, 0.5) is 13.6 Å². The molecule has 1 saturated heterocycles. The molecule has 2 aromatic carbocycles. The number of rotatable bonds is 6. The summed E-state index contributed by atoms with van der Waals surface area (Å²) in [6.45, 7) is 0.955. The average molecular weight is 488 g/mol.